The van der Waals surface area contributed by atoms with Crippen LogP contribution in [0.2, 0.25) is 0 Å². The van der Waals surface area contributed by atoms with Crippen molar-refractivity contribution in [3.63, 3.8) is 0 Å². The summed E-state index contributed by atoms with van der Waals surface area (Å²) < 4.78 is 16.3. The lowest BCUT2D eigenvalue weighted by molar-refractivity contribution is 0.169. The summed E-state index contributed by atoms with van der Waals surface area (Å²) in [6.07, 6.45) is 9.86. The van der Waals surface area contributed by atoms with Crippen LogP contribution in [0, 0.1) is 35.0 Å². The number of nitriles is 2. The van der Waals surface area contributed by atoms with Crippen molar-refractivity contribution in [1.29, 1.82) is 10.5 Å². The lowest BCUT2D eigenvalue weighted by Crippen LogP contribution is -2.15. The molecule has 0 aliphatic carbocycles. The van der Waals surface area contributed by atoms with E-state index in [0.717, 1.165) is 11.3 Å². The SMILES string of the molecule is C#CCOCCSSCCOC(=O)Nc1ccc(/C=C/C2=CC(=C(C#N)C#N)c3ccccc3O2)cc1. The summed E-state index contributed by atoms with van der Waals surface area (Å²) >= 11 is 0. The summed E-state index contributed by atoms with van der Waals surface area (Å²) in [4.78, 5) is 12.0. The van der Waals surface area contributed by atoms with Gasteiger partial charge in [-0.2, -0.15) is 10.5 Å². The number of carbonyl (C=O) groups is 1. The predicted molar refractivity (Wildman–Crippen MR) is 148 cm³/mol. The van der Waals surface area contributed by atoms with Gasteiger partial charge in [-0.15, -0.1) is 6.42 Å². The van der Waals surface area contributed by atoms with Crippen LogP contribution >= 0.6 is 21.6 Å². The zero-order valence-corrected chi connectivity index (χ0v) is 21.4. The summed E-state index contributed by atoms with van der Waals surface area (Å²) in [6.45, 7) is 1.21. The van der Waals surface area contributed by atoms with E-state index in [1.165, 1.54) is 0 Å². The van der Waals surface area contributed by atoms with Crippen molar-refractivity contribution in [3.8, 4) is 30.2 Å². The van der Waals surface area contributed by atoms with Crippen molar-refractivity contribution in [1.82, 2.24) is 0 Å². The summed E-state index contributed by atoms with van der Waals surface area (Å²) in [7, 11) is 3.24. The van der Waals surface area contributed by atoms with Crippen LogP contribution in [0.25, 0.3) is 11.6 Å². The highest BCUT2D eigenvalue weighted by atomic mass is 33.1. The van der Waals surface area contributed by atoms with Gasteiger partial charge in [0.25, 0.3) is 0 Å². The Hall–Kier alpha value is -4.07. The highest BCUT2D eigenvalue weighted by Crippen LogP contribution is 2.35. The molecule has 7 nitrogen and oxygen atoms in total. The molecule has 0 radical (unpaired) electrons. The van der Waals surface area contributed by atoms with Gasteiger partial charge >= 0.3 is 6.09 Å². The molecule has 1 heterocycles. The van der Waals surface area contributed by atoms with Gasteiger partial charge in [-0.3, -0.25) is 5.32 Å². The molecule has 0 aromatic heterocycles. The zero-order valence-electron chi connectivity index (χ0n) is 19.8. The van der Waals surface area contributed by atoms with E-state index in [1.807, 2.05) is 48.5 Å². The van der Waals surface area contributed by atoms with Gasteiger partial charge < -0.3 is 14.2 Å². The van der Waals surface area contributed by atoms with Gasteiger partial charge in [0.15, 0.2) is 0 Å². The molecule has 9 heteroatoms. The van der Waals surface area contributed by atoms with Crippen molar-refractivity contribution in [2.45, 2.75) is 0 Å². The molecule has 0 bridgehead atoms. The number of para-hydroxylation sites is 1. The molecule has 0 fully saturated rings. The second-order valence-electron chi connectivity index (χ2n) is 7.27. The maximum atomic E-state index is 12.0. The van der Waals surface area contributed by atoms with Crippen molar-refractivity contribution in [2.75, 3.05) is 36.6 Å². The topological polar surface area (TPSA) is 104 Å². The minimum atomic E-state index is -0.518. The first kappa shape index (κ1) is 27.5. The highest BCUT2D eigenvalue weighted by Gasteiger charge is 2.18. The molecule has 37 heavy (non-hydrogen) atoms. The third kappa shape index (κ3) is 8.83. The van der Waals surface area contributed by atoms with E-state index < -0.39 is 6.09 Å². The molecule has 0 atom stereocenters. The molecule has 2 aromatic rings. The van der Waals surface area contributed by atoms with Crippen molar-refractivity contribution < 1.29 is 19.0 Å². The number of rotatable bonds is 11. The number of fused-ring (bicyclic) bond motifs is 1. The maximum Gasteiger partial charge on any atom is 0.411 e. The zero-order chi connectivity index (χ0) is 26.3. The molecule has 0 unspecified atom stereocenters. The minimum absolute atomic E-state index is 0.0204. The lowest BCUT2D eigenvalue weighted by Gasteiger charge is -2.18. The van der Waals surface area contributed by atoms with Crippen molar-refractivity contribution in [2.24, 2.45) is 0 Å². The summed E-state index contributed by atoms with van der Waals surface area (Å²) in [5, 5.41) is 21.4. The van der Waals surface area contributed by atoms with Gasteiger partial charge in [0, 0.05) is 28.3 Å². The molecule has 1 aliphatic rings. The molecule has 1 amide bonds. The number of nitrogens with one attached hydrogen (secondary N) is 1. The summed E-state index contributed by atoms with van der Waals surface area (Å²) in [6, 6.07) is 18.4. The Morgan fingerprint density at radius 1 is 1.03 bits per heavy atom. The van der Waals surface area contributed by atoms with Gasteiger partial charge in [-0.25, -0.2) is 4.79 Å². The number of ether oxygens (including phenoxy) is 3. The maximum absolute atomic E-state index is 12.0. The van der Waals surface area contributed by atoms with Gasteiger partial charge in [0.2, 0.25) is 0 Å². The molecule has 1 N–H and O–H groups in total. The molecule has 0 saturated carbocycles. The average molecular weight is 530 g/mol. The van der Waals surface area contributed by atoms with E-state index in [-0.39, 0.29) is 5.57 Å². The third-order valence-electron chi connectivity index (χ3n) is 4.76. The number of benzene rings is 2. The predicted octanol–water partition coefficient (Wildman–Crippen LogP) is 6.06. The molecule has 0 saturated heterocycles. The Labute approximate surface area is 224 Å². The average Bonchev–Trinajstić information content (AvgIpc) is 2.92. The molecule has 3 rings (SSSR count). The Balaban J connectivity index is 1.49. The van der Waals surface area contributed by atoms with E-state index in [4.69, 9.17) is 20.6 Å². The van der Waals surface area contributed by atoms with E-state index in [2.05, 4.69) is 11.2 Å². The third-order valence-corrected chi connectivity index (χ3v) is 7.09. The molecule has 0 spiro atoms. The van der Waals surface area contributed by atoms with Crippen LogP contribution in [0.4, 0.5) is 10.5 Å². The lowest BCUT2D eigenvalue weighted by atomic mass is 9.97. The van der Waals surface area contributed by atoms with Crippen LogP contribution < -0.4 is 10.1 Å². The Bertz CT molecular complexity index is 1300. The van der Waals surface area contributed by atoms with E-state index in [0.29, 0.717) is 53.9 Å². The largest absolute Gasteiger partial charge is 0.457 e. The quantitative estimate of drug-likeness (QED) is 0.162. The van der Waals surface area contributed by atoms with E-state index in [1.54, 1.807) is 51.9 Å². The van der Waals surface area contributed by atoms with E-state index in [9.17, 15) is 15.3 Å². The first-order valence-corrected chi connectivity index (χ1v) is 13.6. The first-order chi connectivity index (χ1) is 18.1. The fourth-order valence-electron chi connectivity index (χ4n) is 3.11. The number of terminal acetylenes is 1. The summed E-state index contributed by atoms with van der Waals surface area (Å²) in [5.74, 6) is 4.97. The van der Waals surface area contributed by atoms with Crippen LogP contribution in [-0.2, 0) is 9.47 Å². The van der Waals surface area contributed by atoms with Gasteiger partial charge in [-0.1, -0.05) is 63.9 Å². The Kier molecular flexibility index (Phi) is 11.3. The molecule has 186 valence electrons. The van der Waals surface area contributed by atoms with Crippen LogP contribution in [0.5, 0.6) is 5.75 Å². The standard InChI is InChI=1S/C28H23N3O4S2/c1-2-13-33-14-16-36-37-17-15-34-28(32)31-23-10-7-21(8-11-23)9-12-24-18-26(22(19-29)20-30)25-5-3-4-6-27(25)35-24/h1,3-12,18H,13-17H2,(H,31,32)/b12-9+. The van der Waals surface area contributed by atoms with Crippen molar-refractivity contribution >= 4 is 45.0 Å². The highest BCUT2D eigenvalue weighted by molar-refractivity contribution is 8.76. The fourth-order valence-corrected chi connectivity index (χ4v) is 4.80. The number of anilines is 1. The first-order valence-electron chi connectivity index (χ1n) is 11.2. The minimum Gasteiger partial charge on any atom is -0.457 e. The number of nitrogens with zero attached hydrogens (tertiary/aromatic N) is 2. The van der Waals surface area contributed by atoms with Crippen LogP contribution in [0.15, 0.2) is 72.0 Å². The van der Waals surface area contributed by atoms with Crippen LogP contribution in [0.1, 0.15) is 11.1 Å². The summed E-state index contributed by atoms with van der Waals surface area (Å²) in [5.41, 5.74) is 2.72. The van der Waals surface area contributed by atoms with E-state index >= 15 is 0 Å². The van der Waals surface area contributed by atoms with Crippen LogP contribution in [-0.4, -0.2) is 37.4 Å². The fraction of sp³-hybridized carbons (Fsp3) is 0.179. The smallest absolute Gasteiger partial charge is 0.411 e. The van der Waals surface area contributed by atoms with Gasteiger partial charge in [0.1, 0.15) is 42.4 Å². The van der Waals surface area contributed by atoms with Crippen LogP contribution in [0.3, 0.4) is 0 Å². The Morgan fingerprint density at radius 3 is 2.49 bits per heavy atom. The second-order valence-corrected chi connectivity index (χ2v) is 9.98. The second kappa shape index (κ2) is 15.1. The normalized spacial score (nSPS) is 11.8. The molecule has 1 aliphatic heterocycles. The number of hydrogen-bond donors (Lipinski definition) is 1. The monoisotopic (exact) mass is 529 g/mol. The Morgan fingerprint density at radius 2 is 1.76 bits per heavy atom. The van der Waals surface area contributed by atoms with Crippen molar-refractivity contribution in [3.05, 3.63) is 83.1 Å². The number of allylic oxidation sites excluding steroid dienone is 4. The van der Waals surface area contributed by atoms with Gasteiger partial charge in [0.05, 0.1) is 6.61 Å². The van der Waals surface area contributed by atoms with Gasteiger partial charge in [-0.05, 0) is 35.9 Å². The number of amides is 1. The molecular weight excluding hydrogens is 506 g/mol. The molecule has 2 aromatic carbocycles. The number of carbonyl (C=O) groups excluding carboxylic acids is 1. The number of hydrogen-bond acceptors (Lipinski definition) is 8. The molecular formula is C28H23N3O4S2.